The van der Waals surface area contributed by atoms with Crippen LogP contribution >= 0.6 is 0 Å². The van der Waals surface area contributed by atoms with Crippen LogP contribution in [-0.4, -0.2) is 36.4 Å². The topological polar surface area (TPSA) is 44.3 Å². The largest absolute Gasteiger partial charge is 0.391 e. The minimum atomic E-state index is -0.203. The molecule has 0 radical (unpaired) electrons. The van der Waals surface area contributed by atoms with Crippen LogP contribution in [0.25, 0.3) is 0 Å². The van der Waals surface area contributed by atoms with Gasteiger partial charge in [-0.1, -0.05) is 6.92 Å². The molecule has 3 N–H and O–H groups in total. The summed E-state index contributed by atoms with van der Waals surface area (Å²) in [7, 11) is 0. The van der Waals surface area contributed by atoms with Gasteiger partial charge in [-0.2, -0.15) is 0 Å². The highest BCUT2D eigenvalue weighted by atomic mass is 16.3. The van der Waals surface area contributed by atoms with E-state index in [1.165, 1.54) is 0 Å². The molecule has 0 aromatic rings. The molecule has 1 fully saturated rings. The van der Waals surface area contributed by atoms with Crippen molar-refractivity contribution in [2.75, 3.05) is 13.1 Å². The van der Waals surface area contributed by atoms with Gasteiger partial charge in [0.25, 0.3) is 0 Å². The highest BCUT2D eigenvalue weighted by Crippen LogP contribution is 2.02. The Labute approximate surface area is 68.2 Å². The molecule has 0 amide bonds. The molecule has 11 heavy (non-hydrogen) atoms. The van der Waals surface area contributed by atoms with Crippen LogP contribution in [0.1, 0.15) is 20.3 Å². The Morgan fingerprint density at radius 1 is 1.55 bits per heavy atom. The Morgan fingerprint density at radius 2 is 2.27 bits per heavy atom. The second kappa shape index (κ2) is 4.04. The van der Waals surface area contributed by atoms with Gasteiger partial charge in [0.15, 0.2) is 0 Å². The van der Waals surface area contributed by atoms with E-state index < -0.39 is 0 Å². The lowest BCUT2D eigenvalue weighted by atomic mass is 10.1. The van der Waals surface area contributed by atoms with Gasteiger partial charge >= 0.3 is 0 Å². The van der Waals surface area contributed by atoms with Crippen LogP contribution in [0.3, 0.4) is 0 Å². The number of nitrogens with one attached hydrogen (secondary N) is 2. The third-order valence-corrected chi connectivity index (χ3v) is 2.20. The molecule has 3 heteroatoms. The second-order valence-electron chi connectivity index (χ2n) is 3.31. The van der Waals surface area contributed by atoms with E-state index in [1.54, 1.807) is 0 Å². The highest BCUT2D eigenvalue weighted by Gasteiger charge is 2.22. The zero-order valence-electron chi connectivity index (χ0n) is 7.30. The molecule has 0 aromatic carbocycles. The maximum absolute atomic E-state index is 9.50. The summed E-state index contributed by atoms with van der Waals surface area (Å²) in [6, 6.07) is 0.721. The van der Waals surface area contributed by atoms with E-state index in [9.17, 15) is 5.11 Å². The summed E-state index contributed by atoms with van der Waals surface area (Å²) in [5.41, 5.74) is 0. The lowest BCUT2D eigenvalue weighted by Gasteiger charge is -2.32. The van der Waals surface area contributed by atoms with Crippen molar-refractivity contribution in [3.8, 4) is 0 Å². The number of aliphatic hydroxyl groups excluding tert-OH is 1. The van der Waals surface area contributed by atoms with Gasteiger partial charge in [-0.05, 0) is 13.3 Å². The minimum Gasteiger partial charge on any atom is -0.391 e. The molecule has 0 saturated carbocycles. The number of piperazine rings is 1. The lowest BCUT2D eigenvalue weighted by Crippen LogP contribution is -2.57. The highest BCUT2D eigenvalue weighted by molar-refractivity contribution is 4.85. The van der Waals surface area contributed by atoms with Crippen LogP contribution in [0.4, 0.5) is 0 Å². The van der Waals surface area contributed by atoms with Crippen molar-refractivity contribution in [3.63, 3.8) is 0 Å². The van der Waals surface area contributed by atoms with Gasteiger partial charge < -0.3 is 15.7 Å². The van der Waals surface area contributed by atoms with E-state index in [1.807, 2.05) is 6.92 Å². The lowest BCUT2D eigenvalue weighted by molar-refractivity contribution is 0.106. The summed E-state index contributed by atoms with van der Waals surface area (Å²) in [5, 5.41) is 16.1. The fourth-order valence-electron chi connectivity index (χ4n) is 1.47. The molecule has 3 atom stereocenters. The van der Waals surface area contributed by atoms with Crippen molar-refractivity contribution < 1.29 is 5.11 Å². The Hall–Kier alpha value is -0.120. The van der Waals surface area contributed by atoms with Gasteiger partial charge in [0.2, 0.25) is 0 Å². The van der Waals surface area contributed by atoms with Crippen molar-refractivity contribution in [1.82, 2.24) is 10.6 Å². The summed E-state index contributed by atoms with van der Waals surface area (Å²) in [6.07, 6.45) is 0.622. The predicted molar refractivity (Wildman–Crippen MR) is 45.6 cm³/mol. The smallest absolute Gasteiger partial charge is 0.0703 e. The van der Waals surface area contributed by atoms with Crippen LogP contribution in [0, 0.1) is 0 Å². The molecule has 0 bridgehead atoms. The van der Waals surface area contributed by atoms with Crippen molar-refractivity contribution in [1.29, 1.82) is 0 Å². The molecule has 1 aliphatic rings. The van der Waals surface area contributed by atoms with E-state index in [2.05, 4.69) is 17.6 Å². The zero-order valence-corrected chi connectivity index (χ0v) is 7.30. The SMILES string of the molecule is CCC(O)C1CNCC(C)N1. The summed E-state index contributed by atoms with van der Waals surface area (Å²) in [6.45, 7) is 6.03. The van der Waals surface area contributed by atoms with Gasteiger partial charge in [-0.3, -0.25) is 0 Å². The van der Waals surface area contributed by atoms with Gasteiger partial charge in [0.1, 0.15) is 0 Å². The number of rotatable bonds is 2. The van der Waals surface area contributed by atoms with E-state index in [4.69, 9.17) is 0 Å². The summed E-state index contributed by atoms with van der Waals surface area (Å²) < 4.78 is 0. The van der Waals surface area contributed by atoms with E-state index in [-0.39, 0.29) is 12.1 Å². The first-order valence-corrected chi connectivity index (χ1v) is 4.39. The Morgan fingerprint density at radius 3 is 2.82 bits per heavy atom. The summed E-state index contributed by atoms with van der Waals surface area (Å²) in [5.74, 6) is 0. The molecular formula is C8H18N2O. The second-order valence-corrected chi connectivity index (χ2v) is 3.31. The first kappa shape index (κ1) is 8.97. The summed E-state index contributed by atoms with van der Waals surface area (Å²) in [4.78, 5) is 0. The fourth-order valence-corrected chi connectivity index (χ4v) is 1.47. The maximum Gasteiger partial charge on any atom is 0.0703 e. The average Bonchev–Trinajstić information content (AvgIpc) is 2.03. The van der Waals surface area contributed by atoms with E-state index in [0.717, 1.165) is 19.5 Å². The van der Waals surface area contributed by atoms with Gasteiger partial charge in [-0.15, -0.1) is 0 Å². The zero-order chi connectivity index (χ0) is 8.27. The van der Waals surface area contributed by atoms with Crippen LogP contribution < -0.4 is 10.6 Å². The third-order valence-electron chi connectivity index (χ3n) is 2.20. The summed E-state index contributed by atoms with van der Waals surface area (Å²) >= 11 is 0. The molecule has 3 unspecified atom stereocenters. The number of aliphatic hydroxyl groups is 1. The maximum atomic E-state index is 9.50. The molecule has 0 spiro atoms. The van der Waals surface area contributed by atoms with E-state index in [0.29, 0.717) is 6.04 Å². The molecule has 1 heterocycles. The van der Waals surface area contributed by atoms with Crippen molar-refractivity contribution >= 4 is 0 Å². The average molecular weight is 158 g/mol. The molecule has 1 rings (SSSR count). The molecule has 0 aliphatic carbocycles. The van der Waals surface area contributed by atoms with Gasteiger partial charge in [0.05, 0.1) is 6.10 Å². The van der Waals surface area contributed by atoms with Crippen molar-refractivity contribution in [2.45, 2.75) is 38.5 Å². The molecule has 66 valence electrons. The Bertz CT molecular complexity index is 119. The predicted octanol–water partition coefficient (Wildman–Crippen LogP) is -0.293. The van der Waals surface area contributed by atoms with Crippen molar-refractivity contribution in [3.05, 3.63) is 0 Å². The van der Waals surface area contributed by atoms with Crippen LogP contribution in [0.2, 0.25) is 0 Å². The Kier molecular flexibility index (Phi) is 3.30. The van der Waals surface area contributed by atoms with Crippen molar-refractivity contribution in [2.24, 2.45) is 0 Å². The van der Waals surface area contributed by atoms with Crippen LogP contribution in [-0.2, 0) is 0 Å². The van der Waals surface area contributed by atoms with Crippen LogP contribution in [0.5, 0.6) is 0 Å². The van der Waals surface area contributed by atoms with E-state index >= 15 is 0 Å². The molecule has 0 aromatic heterocycles. The van der Waals surface area contributed by atoms with Crippen LogP contribution in [0.15, 0.2) is 0 Å². The molecule has 1 aliphatic heterocycles. The quantitative estimate of drug-likeness (QED) is 0.517. The minimum absolute atomic E-state index is 0.203. The normalized spacial score (nSPS) is 35.2. The number of hydrogen-bond donors (Lipinski definition) is 3. The first-order chi connectivity index (χ1) is 5.24. The third kappa shape index (κ3) is 2.43. The van der Waals surface area contributed by atoms with Gasteiger partial charge in [0, 0.05) is 25.2 Å². The molecular weight excluding hydrogens is 140 g/mol. The standard InChI is InChI=1S/C8H18N2O/c1-3-8(11)7-5-9-4-6(2)10-7/h6-11H,3-5H2,1-2H3. The van der Waals surface area contributed by atoms with Gasteiger partial charge in [-0.25, -0.2) is 0 Å². The monoisotopic (exact) mass is 158 g/mol. The Balaban J connectivity index is 2.33. The molecule has 1 saturated heterocycles. The fraction of sp³-hybridized carbons (Fsp3) is 1.00. The number of hydrogen-bond acceptors (Lipinski definition) is 3. The molecule has 3 nitrogen and oxygen atoms in total. The first-order valence-electron chi connectivity index (χ1n) is 4.39.